The quantitative estimate of drug-likeness (QED) is 0.0261. The lowest BCUT2D eigenvalue weighted by Gasteiger charge is -2.40. The van der Waals surface area contributed by atoms with Crippen molar-refractivity contribution in [3.63, 3.8) is 0 Å². The van der Waals surface area contributed by atoms with Gasteiger partial charge in [0.15, 0.2) is 6.29 Å². The number of aliphatic hydroxyl groups is 5. The summed E-state index contributed by atoms with van der Waals surface area (Å²) < 4.78 is 11.3. The normalized spacial score (nSPS) is 18.8. The highest BCUT2D eigenvalue weighted by Gasteiger charge is 2.44. The van der Waals surface area contributed by atoms with Crippen LogP contribution in [0.15, 0.2) is 24.3 Å². The second kappa shape index (κ2) is 57.9. The fourth-order valence-electron chi connectivity index (χ4n) is 11.2. The van der Waals surface area contributed by atoms with E-state index >= 15 is 0 Å². The van der Waals surface area contributed by atoms with Gasteiger partial charge in [-0.15, -0.1) is 0 Å². The lowest BCUT2D eigenvalue weighted by molar-refractivity contribution is -0.302. The summed E-state index contributed by atoms with van der Waals surface area (Å²) in [5.74, 6) is -0.178. The van der Waals surface area contributed by atoms with E-state index in [4.69, 9.17) is 9.47 Å². The molecule has 1 saturated heterocycles. The van der Waals surface area contributed by atoms with Gasteiger partial charge in [0, 0.05) is 6.42 Å². The summed E-state index contributed by atoms with van der Waals surface area (Å²) in [6, 6.07) is -0.820. The SMILES string of the molecule is CCCCCCCCCCCCCCCCCCCCCCCC/C=C/CC/C=C/C(O)C(COC1OC(CO)C(O)C(O)C1O)NC(=O)CCCCCCCCCCCCCCCCCCCCCCCCCCCC. The van der Waals surface area contributed by atoms with Crippen LogP contribution >= 0.6 is 0 Å². The first kappa shape index (κ1) is 73.7. The molecule has 7 atom stereocenters. The number of carbonyl (C=O) groups excluding carboxylic acids is 1. The van der Waals surface area contributed by atoms with E-state index in [0.29, 0.717) is 6.42 Å². The van der Waals surface area contributed by atoms with Gasteiger partial charge in [-0.3, -0.25) is 4.79 Å². The van der Waals surface area contributed by atoms with Gasteiger partial charge in [0.2, 0.25) is 5.91 Å². The molecule has 0 aromatic carbocycles. The van der Waals surface area contributed by atoms with E-state index < -0.39 is 49.5 Å². The molecule has 1 heterocycles. The highest BCUT2D eigenvalue weighted by atomic mass is 16.7. The number of nitrogens with one attached hydrogen (secondary N) is 1. The summed E-state index contributed by atoms with van der Waals surface area (Å²) in [4.78, 5) is 13.1. The summed E-state index contributed by atoms with van der Waals surface area (Å²) >= 11 is 0. The summed E-state index contributed by atoms with van der Waals surface area (Å²) in [6.07, 6.45) is 68.6. The fourth-order valence-corrected chi connectivity index (χ4v) is 11.2. The van der Waals surface area contributed by atoms with Crippen LogP contribution in [0.4, 0.5) is 0 Å². The van der Waals surface area contributed by atoms with Crippen LogP contribution in [0.3, 0.4) is 0 Å². The summed E-state index contributed by atoms with van der Waals surface area (Å²) in [5.41, 5.74) is 0. The van der Waals surface area contributed by atoms with Crippen molar-refractivity contribution in [2.24, 2.45) is 0 Å². The molecule has 0 spiro atoms. The molecule has 0 saturated carbocycles. The molecule has 1 rings (SSSR count). The van der Waals surface area contributed by atoms with Gasteiger partial charge in [-0.05, 0) is 32.1 Å². The number of hydrogen-bond acceptors (Lipinski definition) is 8. The number of allylic oxidation sites excluding steroid dienone is 3. The molecule has 456 valence electrons. The van der Waals surface area contributed by atoms with Crippen molar-refractivity contribution in [1.82, 2.24) is 5.32 Å². The Bertz CT molecular complexity index is 1260. The van der Waals surface area contributed by atoms with E-state index in [1.54, 1.807) is 6.08 Å². The van der Waals surface area contributed by atoms with E-state index in [9.17, 15) is 30.3 Å². The molecule has 0 aliphatic carbocycles. The van der Waals surface area contributed by atoms with Crippen molar-refractivity contribution in [3.8, 4) is 0 Å². The minimum Gasteiger partial charge on any atom is -0.394 e. The fraction of sp³-hybridized carbons (Fsp3) is 0.926. The van der Waals surface area contributed by atoms with Gasteiger partial charge in [-0.25, -0.2) is 0 Å². The molecule has 0 radical (unpaired) electrons. The Hall–Kier alpha value is -1.33. The van der Waals surface area contributed by atoms with E-state index in [1.165, 1.54) is 289 Å². The second-order valence-electron chi connectivity index (χ2n) is 24.0. The maximum absolute atomic E-state index is 13.1. The molecular formula is C68H131NO8. The molecule has 0 aromatic rings. The standard InChI is InChI=1S/C68H131NO8/c1-3-5-7-9-11-13-15-17-19-21-23-25-27-29-31-32-33-35-37-39-41-43-45-47-49-51-53-55-57-62(71)61(60-76-68-67(75)66(74)65(73)63(59-70)77-68)69-64(72)58-56-54-52-50-48-46-44-42-40-38-36-34-30-28-26-24-22-20-18-16-14-12-10-8-6-4-2/h47,49,55,57,61-63,65-68,70-71,73-75H,3-46,48,50-54,56,58-60H2,1-2H3,(H,69,72)/b49-47+,57-55+. The Morgan fingerprint density at radius 1 is 0.429 bits per heavy atom. The van der Waals surface area contributed by atoms with Crippen molar-refractivity contribution >= 4 is 5.91 Å². The average Bonchev–Trinajstić information content (AvgIpc) is 3.43. The van der Waals surface area contributed by atoms with E-state index in [1.807, 2.05) is 6.08 Å². The Labute approximate surface area is 477 Å². The van der Waals surface area contributed by atoms with Crippen LogP contribution < -0.4 is 5.32 Å². The van der Waals surface area contributed by atoms with Crippen LogP contribution in [-0.2, 0) is 14.3 Å². The molecule has 77 heavy (non-hydrogen) atoms. The second-order valence-corrected chi connectivity index (χ2v) is 24.0. The van der Waals surface area contributed by atoms with Gasteiger partial charge < -0.3 is 40.3 Å². The lowest BCUT2D eigenvalue weighted by Crippen LogP contribution is -2.60. The summed E-state index contributed by atoms with van der Waals surface area (Å²) in [7, 11) is 0. The smallest absolute Gasteiger partial charge is 0.220 e. The summed E-state index contributed by atoms with van der Waals surface area (Å²) in [5, 5.41) is 54.7. The average molecular weight is 1090 g/mol. The topological polar surface area (TPSA) is 149 Å². The van der Waals surface area contributed by atoms with Gasteiger partial charge in [-0.2, -0.15) is 0 Å². The predicted molar refractivity (Wildman–Crippen MR) is 327 cm³/mol. The Morgan fingerprint density at radius 3 is 1.09 bits per heavy atom. The van der Waals surface area contributed by atoms with Crippen molar-refractivity contribution in [2.75, 3.05) is 13.2 Å². The number of rotatable bonds is 60. The summed E-state index contributed by atoms with van der Waals surface area (Å²) in [6.45, 7) is 3.82. The molecule has 1 aliphatic heterocycles. The van der Waals surface area contributed by atoms with Gasteiger partial charge in [-0.1, -0.05) is 334 Å². The monoisotopic (exact) mass is 1090 g/mol. The van der Waals surface area contributed by atoms with E-state index in [2.05, 4.69) is 31.3 Å². The van der Waals surface area contributed by atoms with Crippen molar-refractivity contribution in [3.05, 3.63) is 24.3 Å². The van der Waals surface area contributed by atoms with Crippen LogP contribution in [0.1, 0.15) is 348 Å². The zero-order valence-electron chi connectivity index (χ0n) is 51.0. The van der Waals surface area contributed by atoms with Crippen LogP contribution in [-0.4, -0.2) is 87.5 Å². The van der Waals surface area contributed by atoms with Crippen LogP contribution in [0.25, 0.3) is 0 Å². The minimum atomic E-state index is -1.57. The minimum absolute atomic E-state index is 0.178. The van der Waals surface area contributed by atoms with Gasteiger partial charge >= 0.3 is 0 Å². The first-order valence-corrected chi connectivity index (χ1v) is 34.1. The molecule has 6 N–H and O–H groups in total. The number of hydrogen-bond donors (Lipinski definition) is 6. The third-order valence-corrected chi connectivity index (χ3v) is 16.5. The molecule has 1 fully saturated rings. The number of unbranched alkanes of at least 4 members (excludes halogenated alkanes) is 48. The van der Waals surface area contributed by atoms with Crippen LogP contribution in [0.5, 0.6) is 0 Å². The molecule has 1 amide bonds. The number of carbonyl (C=O) groups is 1. The lowest BCUT2D eigenvalue weighted by atomic mass is 9.99. The van der Waals surface area contributed by atoms with Crippen LogP contribution in [0, 0.1) is 0 Å². The molecule has 1 aliphatic rings. The number of ether oxygens (including phenoxy) is 2. The molecular weight excluding hydrogens is 959 g/mol. The highest BCUT2D eigenvalue weighted by Crippen LogP contribution is 2.23. The number of amides is 1. The Balaban J connectivity index is 2.16. The maximum Gasteiger partial charge on any atom is 0.220 e. The Morgan fingerprint density at radius 2 is 0.740 bits per heavy atom. The Kier molecular flexibility index (Phi) is 55.4. The predicted octanol–water partition coefficient (Wildman–Crippen LogP) is 18.1. The third-order valence-electron chi connectivity index (χ3n) is 16.5. The number of aliphatic hydroxyl groups excluding tert-OH is 5. The first-order chi connectivity index (χ1) is 37.8. The van der Waals surface area contributed by atoms with E-state index in [0.717, 1.165) is 38.5 Å². The van der Waals surface area contributed by atoms with E-state index in [-0.39, 0.29) is 12.5 Å². The zero-order valence-corrected chi connectivity index (χ0v) is 51.0. The van der Waals surface area contributed by atoms with Crippen molar-refractivity contribution in [2.45, 2.75) is 391 Å². The van der Waals surface area contributed by atoms with Crippen molar-refractivity contribution < 1.29 is 39.8 Å². The molecule has 9 nitrogen and oxygen atoms in total. The third kappa shape index (κ3) is 46.9. The first-order valence-electron chi connectivity index (χ1n) is 34.1. The van der Waals surface area contributed by atoms with Gasteiger partial charge in [0.05, 0.1) is 25.4 Å². The zero-order chi connectivity index (χ0) is 55.8. The molecule has 9 heteroatoms. The molecule has 0 bridgehead atoms. The largest absolute Gasteiger partial charge is 0.394 e. The van der Waals surface area contributed by atoms with Crippen LogP contribution in [0.2, 0.25) is 0 Å². The van der Waals surface area contributed by atoms with Crippen molar-refractivity contribution in [1.29, 1.82) is 0 Å². The molecule has 7 unspecified atom stereocenters. The maximum atomic E-state index is 13.1. The van der Waals surface area contributed by atoms with Gasteiger partial charge in [0.1, 0.15) is 24.4 Å². The van der Waals surface area contributed by atoms with Gasteiger partial charge in [0.25, 0.3) is 0 Å². The molecule has 0 aromatic heterocycles. The highest BCUT2D eigenvalue weighted by molar-refractivity contribution is 5.76.